The normalized spacial score (nSPS) is 14.7. The fourth-order valence-corrected chi connectivity index (χ4v) is 2.89. The first-order valence-corrected chi connectivity index (χ1v) is 7.48. The Morgan fingerprint density at radius 1 is 1.29 bits per heavy atom. The highest BCUT2D eigenvalue weighted by Gasteiger charge is 2.30. The lowest BCUT2D eigenvalue weighted by molar-refractivity contribution is -0.140. The van der Waals surface area contributed by atoms with E-state index in [0.717, 1.165) is 0 Å². The van der Waals surface area contributed by atoms with Gasteiger partial charge >= 0.3 is 5.97 Å². The van der Waals surface area contributed by atoms with Gasteiger partial charge in [-0.1, -0.05) is 20.3 Å². The molecule has 0 aromatic heterocycles. The highest BCUT2D eigenvalue weighted by atomic mass is 32.2. The molecule has 5 nitrogen and oxygen atoms in total. The summed E-state index contributed by atoms with van der Waals surface area (Å²) in [6.45, 7) is 3.17. The number of carboxylic acid groups (broad SMARTS) is 1. The number of aliphatic carboxylic acids is 1. The highest BCUT2D eigenvalue weighted by Crippen LogP contribution is 2.19. The van der Waals surface area contributed by atoms with Gasteiger partial charge in [0.15, 0.2) is 17.5 Å². The van der Waals surface area contributed by atoms with Gasteiger partial charge in [-0.3, -0.25) is 4.79 Å². The van der Waals surface area contributed by atoms with Gasteiger partial charge in [0.25, 0.3) is 0 Å². The van der Waals surface area contributed by atoms with Crippen molar-refractivity contribution in [3.8, 4) is 0 Å². The van der Waals surface area contributed by atoms with Crippen molar-refractivity contribution in [1.82, 2.24) is 4.72 Å². The fourth-order valence-electron chi connectivity index (χ4n) is 1.57. The molecule has 1 aromatic carbocycles. The number of halogens is 3. The summed E-state index contributed by atoms with van der Waals surface area (Å²) < 4.78 is 64.7. The quantitative estimate of drug-likeness (QED) is 0.782. The molecule has 0 aliphatic carbocycles. The van der Waals surface area contributed by atoms with Crippen LogP contribution in [0, 0.1) is 23.4 Å². The van der Waals surface area contributed by atoms with Crippen LogP contribution in [0.25, 0.3) is 0 Å². The minimum absolute atomic E-state index is 0.288. The first-order chi connectivity index (χ1) is 9.60. The molecule has 0 amide bonds. The summed E-state index contributed by atoms with van der Waals surface area (Å²) in [7, 11) is -4.50. The smallest absolute Gasteiger partial charge is 0.322 e. The first-order valence-electron chi connectivity index (χ1n) is 5.99. The maximum Gasteiger partial charge on any atom is 0.322 e. The van der Waals surface area contributed by atoms with Gasteiger partial charge in [-0.05, 0) is 18.1 Å². The van der Waals surface area contributed by atoms with Gasteiger partial charge in [0.1, 0.15) is 6.04 Å². The van der Waals surface area contributed by atoms with E-state index in [0.29, 0.717) is 6.42 Å². The Hall–Kier alpha value is -1.61. The van der Waals surface area contributed by atoms with Crippen LogP contribution in [-0.4, -0.2) is 25.5 Å². The van der Waals surface area contributed by atoms with E-state index in [1.165, 1.54) is 6.92 Å². The molecular weight excluding hydrogens is 311 g/mol. The van der Waals surface area contributed by atoms with Crippen LogP contribution < -0.4 is 4.72 Å². The lowest BCUT2D eigenvalue weighted by atomic mass is 10.0. The first kappa shape index (κ1) is 17.4. The monoisotopic (exact) mass is 325 g/mol. The predicted octanol–water partition coefficient (Wildman–Crippen LogP) is 1.88. The molecule has 0 spiro atoms. The molecule has 118 valence electrons. The molecule has 0 unspecified atom stereocenters. The van der Waals surface area contributed by atoms with Gasteiger partial charge in [-0.25, -0.2) is 21.6 Å². The second kappa shape index (κ2) is 6.44. The number of hydrogen-bond donors (Lipinski definition) is 2. The van der Waals surface area contributed by atoms with E-state index in [1.54, 1.807) is 6.92 Å². The van der Waals surface area contributed by atoms with Gasteiger partial charge < -0.3 is 5.11 Å². The van der Waals surface area contributed by atoms with Crippen molar-refractivity contribution in [1.29, 1.82) is 0 Å². The molecule has 0 heterocycles. The molecule has 0 aliphatic heterocycles. The van der Waals surface area contributed by atoms with Gasteiger partial charge in [-0.2, -0.15) is 4.72 Å². The zero-order valence-electron chi connectivity index (χ0n) is 11.2. The Kier molecular flexibility index (Phi) is 5.35. The Bertz CT molecular complexity index is 625. The third kappa shape index (κ3) is 3.94. The summed E-state index contributed by atoms with van der Waals surface area (Å²) in [6, 6.07) is -0.886. The summed E-state index contributed by atoms with van der Waals surface area (Å²) in [6.07, 6.45) is 0.367. The Morgan fingerprint density at radius 3 is 2.14 bits per heavy atom. The average molecular weight is 325 g/mol. The van der Waals surface area contributed by atoms with Gasteiger partial charge in [-0.15, -0.1) is 0 Å². The number of hydrogen-bond acceptors (Lipinski definition) is 3. The second-order valence-corrected chi connectivity index (χ2v) is 6.24. The van der Waals surface area contributed by atoms with Crippen LogP contribution in [-0.2, 0) is 14.8 Å². The van der Waals surface area contributed by atoms with Gasteiger partial charge in [0.05, 0.1) is 4.90 Å². The Morgan fingerprint density at radius 2 is 1.76 bits per heavy atom. The third-order valence-corrected chi connectivity index (χ3v) is 4.45. The van der Waals surface area contributed by atoms with Crippen molar-refractivity contribution >= 4 is 16.0 Å². The van der Waals surface area contributed by atoms with E-state index < -0.39 is 50.3 Å². The number of carboxylic acids is 1. The van der Waals surface area contributed by atoms with Crippen molar-refractivity contribution in [2.24, 2.45) is 5.92 Å². The Labute approximate surface area is 119 Å². The number of nitrogens with one attached hydrogen (secondary N) is 1. The molecule has 0 saturated carbocycles. The summed E-state index contributed by atoms with van der Waals surface area (Å²) >= 11 is 0. The molecule has 0 saturated heterocycles. The van der Waals surface area contributed by atoms with Crippen LogP contribution in [0.2, 0.25) is 0 Å². The zero-order valence-corrected chi connectivity index (χ0v) is 12.0. The average Bonchev–Trinajstić information content (AvgIpc) is 2.40. The Balaban J connectivity index is 3.19. The lowest BCUT2D eigenvalue weighted by Crippen LogP contribution is -2.44. The number of carbonyl (C=O) groups is 1. The largest absolute Gasteiger partial charge is 0.480 e. The molecule has 1 rings (SSSR count). The fraction of sp³-hybridized carbons (Fsp3) is 0.417. The zero-order chi connectivity index (χ0) is 16.4. The SMILES string of the molecule is CC[C@H](C)[C@H](NS(=O)(=O)c1cc(F)c(F)c(F)c1)C(=O)O. The number of benzene rings is 1. The van der Waals surface area contributed by atoms with Crippen molar-refractivity contribution in [2.75, 3.05) is 0 Å². The minimum atomic E-state index is -4.50. The van der Waals surface area contributed by atoms with E-state index in [-0.39, 0.29) is 12.1 Å². The molecule has 0 radical (unpaired) electrons. The minimum Gasteiger partial charge on any atom is -0.480 e. The van der Waals surface area contributed by atoms with Gasteiger partial charge in [0.2, 0.25) is 10.0 Å². The third-order valence-electron chi connectivity index (χ3n) is 3.03. The van der Waals surface area contributed by atoms with Crippen LogP contribution in [0.4, 0.5) is 13.2 Å². The number of sulfonamides is 1. The summed E-state index contributed by atoms with van der Waals surface area (Å²) in [5.74, 6) is -7.12. The molecule has 0 aliphatic rings. The maximum atomic E-state index is 13.1. The molecule has 1 aromatic rings. The van der Waals surface area contributed by atoms with Gasteiger partial charge in [0, 0.05) is 0 Å². The summed E-state index contributed by atoms with van der Waals surface area (Å²) in [4.78, 5) is 10.2. The van der Waals surface area contributed by atoms with Crippen molar-refractivity contribution in [2.45, 2.75) is 31.2 Å². The molecule has 9 heteroatoms. The lowest BCUT2D eigenvalue weighted by Gasteiger charge is -2.20. The van der Waals surface area contributed by atoms with Crippen LogP contribution >= 0.6 is 0 Å². The van der Waals surface area contributed by atoms with Crippen LogP contribution in [0.3, 0.4) is 0 Å². The number of rotatable bonds is 6. The van der Waals surface area contributed by atoms with E-state index in [4.69, 9.17) is 5.11 Å². The molecule has 2 N–H and O–H groups in total. The van der Waals surface area contributed by atoms with Crippen LogP contribution in [0.5, 0.6) is 0 Å². The second-order valence-electron chi connectivity index (χ2n) is 4.52. The predicted molar refractivity (Wildman–Crippen MR) is 67.5 cm³/mol. The summed E-state index contributed by atoms with van der Waals surface area (Å²) in [5.41, 5.74) is 0. The van der Waals surface area contributed by atoms with Crippen molar-refractivity contribution < 1.29 is 31.5 Å². The van der Waals surface area contributed by atoms with E-state index in [2.05, 4.69) is 0 Å². The van der Waals surface area contributed by atoms with E-state index in [1.807, 2.05) is 4.72 Å². The van der Waals surface area contributed by atoms with E-state index in [9.17, 15) is 26.4 Å². The topological polar surface area (TPSA) is 83.5 Å². The van der Waals surface area contributed by atoms with Crippen LogP contribution in [0.15, 0.2) is 17.0 Å². The molecule has 21 heavy (non-hydrogen) atoms. The van der Waals surface area contributed by atoms with Crippen molar-refractivity contribution in [3.05, 3.63) is 29.6 Å². The summed E-state index contributed by atoms with van der Waals surface area (Å²) in [5, 5.41) is 9.00. The van der Waals surface area contributed by atoms with Crippen molar-refractivity contribution in [3.63, 3.8) is 0 Å². The molecule has 0 bridgehead atoms. The molecule has 0 fully saturated rings. The molecule has 2 atom stereocenters. The molecular formula is C12H14F3NO4S. The van der Waals surface area contributed by atoms with Crippen LogP contribution in [0.1, 0.15) is 20.3 Å². The van der Waals surface area contributed by atoms with E-state index >= 15 is 0 Å². The standard InChI is InChI=1S/C12H14F3NO4S/c1-3-6(2)11(12(17)18)16-21(19,20)7-4-8(13)10(15)9(14)5-7/h4-6,11,16H,3H2,1-2H3,(H,17,18)/t6-,11-/m0/s1. The highest BCUT2D eigenvalue weighted by molar-refractivity contribution is 7.89. The maximum absolute atomic E-state index is 13.1.